The monoisotopic (exact) mass is 252 g/mol. The molecule has 0 aliphatic carbocycles. The fraction of sp³-hybridized carbons (Fsp3) is 0.300. The van der Waals surface area contributed by atoms with Crippen LogP contribution in [-0.2, 0) is 13.5 Å². The van der Waals surface area contributed by atoms with E-state index in [0.29, 0.717) is 11.3 Å². The van der Waals surface area contributed by atoms with E-state index >= 15 is 0 Å². The number of hydrogen-bond acceptors (Lipinski definition) is 5. The van der Waals surface area contributed by atoms with Crippen LogP contribution < -0.4 is 11.3 Å². The molecule has 0 aromatic carbocycles. The highest BCUT2D eigenvalue weighted by atomic mass is 32.1. The third kappa shape index (κ3) is 2.51. The van der Waals surface area contributed by atoms with Crippen molar-refractivity contribution >= 4 is 17.3 Å². The lowest BCUT2D eigenvalue weighted by molar-refractivity contribution is 0.0964. The Morgan fingerprint density at radius 1 is 1.71 bits per heavy atom. The first-order chi connectivity index (χ1) is 8.08. The van der Waals surface area contributed by atoms with E-state index < -0.39 is 6.04 Å². The second kappa shape index (κ2) is 4.64. The third-order valence-electron chi connectivity index (χ3n) is 2.37. The van der Waals surface area contributed by atoms with Crippen molar-refractivity contribution in [3.8, 4) is 0 Å². The maximum absolute atomic E-state index is 11.9. The number of rotatable bonds is 4. The van der Waals surface area contributed by atoms with Gasteiger partial charge in [-0.25, -0.2) is 4.98 Å². The summed E-state index contributed by atoms with van der Waals surface area (Å²) in [7, 11) is 1.62. The van der Waals surface area contributed by atoms with E-state index in [2.05, 4.69) is 9.97 Å². The first-order valence-electron chi connectivity index (χ1n) is 5.02. The molecular formula is C10H12N4O2S. The van der Waals surface area contributed by atoms with Crippen molar-refractivity contribution in [2.75, 3.05) is 0 Å². The van der Waals surface area contributed by atoms with Crippen molar-refractivity contribution in [1.29, 1.82) is 0 Å². The molecule has 1 atom stereocenters. The standard InChI is InChI=1S/C10H12N4O2S/c1-14-9(15)3-8(17-14)10(16)7(11)2-6-4-12-5-13-6/h3-5,7H,2,11H2,1H3,(H,12,13)/t7-/m0/s1. The Morgan fingerprint density at radius 2 is 2.47 bits per heavy atom. The highest BCUT2D eigenvalue weighted by Crippen LogP contribution is 2.09. The molecule has 90 valence electrons. The third-order valence-corrected chi connectivity index (χ3v) is 3.34. The molecule has 3 N–H and O–H groups in total. The summed E-state index contributed by atoms with van der Waals surface area (Å²) < 4.78 is 1.40. The number of nitrogens with one attached hydrogen (secondary N) is 1. The molecule has 0 spiro atoms. The van der Waals surface area contributed by atoms with Crippen LogP contribution in [0.2, 0.25) is 0 Å². The van der Waals surface area contributed by atoms with Gasteiger partial charge in [0.05, 0.1) is 17.2 Å². The SMILES string of the molecule is Cn1sc(C(=O)[C@@H](N)Cc2cnc[nH]2)cc1=O. The lowest BCUT2D eigenvalue weighted by Gasteiger charge is -2.06. The van der Waals surface area contributed by atoms with Crippen LogP contribution in [0.3, 0.4) is 0 Å². The second-order valence-corrected chi connectivity index (χ2v) is 4.86. The van der Waals surface area contributed by atoms with Gasteiger partial charge >= 0.3 is 0 Å². The summed E-state index contributed by atoms with van der Waals surface area (Å²) in [5.41, 5.74) is 6.41. The van der Waals surface area contributed by atoms with Gasteiger partial charge in [0.15, 0.2) is 5.78 Å². The Labute approximate surface area is 101 Å². The predicted octanol–water partition coefficient (Wildman–Crippen LogP) is -0.0774. The zero-order valence-corrected chi connectivity index (χ0v) is 10.0. The topological polar surface area (TPSA) is 93.8 Å². The summed E-state index contributed by atoms with van der Waals surface area (Å²) in [4.78, 5) is 30.3. The van der Waals surface area contributed by atoms with Gasteiger partial charge in [-0.2, -0.15) is 0 Å². The van der Waals surface area contributed by atoms with Gasteiger partial charge in [0.25, 0.3) is 5.56 Å². The van der Waals surface area contributed by atoms with E-state index in [0.717, 1.165) is 17.2 Å². The van der Waals surface area contributed by atoms with Crippen LogP contribution in [0.4, 0.5) is 0 Å². The van der Waals surface area contributed by atoms with Crippen LogP contribution in [0.25, 0.3) is 0 Å². The normalized spacial score (nSPS) is 12.6. The molecule has 0 aliphatic rings. The van der Waals surface area contributed by atoms with Crippen molar-refractivity contribution in [2.45, 2.75) is 12.5 Å². The Kier molecular flexibility index (Phi) is 3.21. The molecule has 6 nitrogen and oxygen atoms in total. The van der Waals surface area contributed by atoms with E-state index in [1.165, 1.54) is 16.4 Å². The van der Waals surface area contributed by atoms with E-state index in [1.807, 2.05) is 0 Å². The van der Waals surface area contributed by atoms with Crippen LogP contribution in [0.15, 0.2) is 23.4 Å². The first kappa shape index (κ1) is 11.7. The predicted molar refractivity (Wildman–Crippen MR) is 64.2 cm³/mol. The number of carbonyl (C=O) groups excluding carboxylic acids is 1. The molecule has 0 aliphatic heterocycles. The van der Waals surface area contributed by atoms with Gasteiger partial charge < -0.3 is 10.7 Å². The zero-order chi connectivity index (χ0) is 12.4. The number of carbonyl (C=O) groups is 1. The number of nitrogens with two attached hydrogens (primary N) is 1. The lowest BCUT2D eigenvalue weighted by Crippen LogP contribution is -2.32. The van der Waals surface area contributed by atoms with Crippen molar-refractivity contribution in [1.82, 2.24) is 13.9 Å². The van der Waals surface area contributed by atoms with Crippen molar-refractivity contribution in [3.05, 3.63) is 39.5 Å². The molecule has 7 heteroatoms. The molecule has 0 saturated carbocycles. The molecule has 0 radical (unpaired) electrons. The number of ketones is 1. The summed E-state index contributed by atoms with van der Waals surface area (Å²) in [5.74, 6) is -0.220. The van der Waals surface area contributed by atoms with Crippen molar-refractivity contribution in [2.24, 2.45) is 12.8 Å². The molecule has 2 rings (SSSR count). The summed E-state index contributed by atoms with van der Waals surface area (Å²) in [6.45, 7) is 0. The smallest absolute Gasteiger partial charge is 0.261 e. The zero-order valence-electron chi connectivity index (χ0n) is 9.21. The Bertz CT molecular complexity index is 569. The summed E-state index contributed by atoms with van der Waals surface area (Å²) >= 11 is 1.11. The minimum Gasteiger partial charge on any atom is -0.348 e. The van der Waals surface area contributed by atoms with Gasteiger partial charge in [-0.1, -0.05) is 11.5 Å². The lowest BCUT2D eigenvalue weighted by atomic mass is 10.1. The Morgan fingerprint density at radius 3 is 3.00 bits per heavy atom. The number of imidazole rings is 1. The molecule has 2 aromatic rings. The number of aryl methyl sites for hydroxylation is 1. The summed E-state index contributed by atoms with van der Waals surface area (Å²) in [6.07, 6.45) is 3.54. The van der Waals surface area contributed by atoms with Crippen LogP contribution in [0.1, 0.15) is 15.4 Å². The van der Waals surface area contributed by atoms with E-state index in [4.69, 9.17) is 5.73 Å². The average Bonchev–Trinajstić information content (AvgIpc) is 2.89. The molecule has 0 saturated heterocycles. The summed E-state index contributed by atoms with van der Waals surface area (Å²) in [5, 5.41) is 0. The van der Waals surface area contributed by atoms with Gasteiger partial charge in [0, 0.05) is 31.4 Å². The molecule has 2 aromatic heterocycles. The maximum Gasteiger partial charge on any atom is 0.261 e. The molecule has 0 amide bonds. The van der Waals surface area contributed by atoms with Crippen molar-refractivity contribution < 1.29 is 4.79 Å². The fourth-order valence-electron chi connectivity index (χ4n) is 1.45. The minimum absolute atomic E-state index is 0.188. The Balaban J connectivity index is 2.12. The average molecular weight is 252 g/mol. The highest BCUT2D eigenvalue weighted by molar-refractivity contribution is 7.08. The minimum atomic E-state index is -0.659. The van der Waals surface area contributed by atoms with Gasteiger partial charge in [0.1, 0.15) is 0 Å². The van der Waals surface area contributed by atoms with Gasteiger partial charge in [0.2, 0.25) is 0 Å². The highest BCUT2D eigenvalue weighted by Gasteiger charge is 2.19. The van der Waals surface area contributed by atoms with Crippen molar-refractivity contribution in [3.63, 3.8) is 0 Å². The quantitative estimate of drug-likeness (QED) is 0.744. The van der Waals surface area contributed by atoms with Gasteiger partial charge in [-0.3, -0.25) is 13.5 Å². The number of aromatic amines is 1. The summed E-state index contributed by atoms with van der Waals surface area (Å²) in [6, 6.07) is 0.660. The van der Waals surface area contributed by atoms with Gasteiger partial charge in [-0.15, -0.1) is 0 Å². The van der Waals surface area contributed by atoms with E-state index in [1.54, 1.807) is 13.2 Å². The molecule has 2 heterocycles. The number of Topliss-reactive ketones (excluding diaryl/α,β-unsaturated/α-hetero) is 1. The molecular weight excluding hydrogens is 240 g/mol. The van der Waals surface area contributed by atoms with Crippen LogP contribution in [-0.4, -0.2) is 25.7 Å². The Hall–Kier alpha value is -1.73. The fourth-order valence-corrected chi connectivity index (χ4v) is 2.28. The van der Waals surface area contributed by atoms with Crippen LogP contribution in [0.5, 0.6) is 0 Å². The number of hydrogen-bond donors (Lipinski definition) is 2. The first-order valence-corrected chi connectivity index (χ1v) is 5.79. The number of nitrogens with zero attached hydrogens (tertiary/aromatic N) is 2. The van der Waals surface area contributed by atoms with Gasteiger partial charge in [-0.05, 0) is 0 Å². The van der Waals surface area contributed by atoms with E-state index in [9.17, 15) is 9.59 Å². The second-order valence-electron chi connectivity index (χ2n) is 3.69. The molecule has 0 fully saturated rings. The largest absolute Gasteiger partial charge is 0.348 e. The van der Waals surface area contributed by atoms with Crippen LogP contribution >= 0.6 is 11.5 Å². The molecule has 17 heavy (non-hydrogen) atoms. The van der Waals surface area contributed by atoms with Crippen LogP contribution in [0, 0.1) is 0 Å². The molecule has 0 bridgehead atoms. The number of aromatic nitrogens is 3. The van der Waals surface area contributed by atoms with E-state index in [-0.39, 0.29) is 11.3 Å². The number of H-pyrrole nitrogens is 1. The maximum atomic E-state index is 11.9. The molecule has 0 unspecified atom stereocenters.